The fourth-order valence-electron chi connectivity index (χ4n) is 3.03. The minimum atomic E-state index is -0.300. The van der Waals surface area contributed by atoms with Crippen LogP contribution < -0.4 is 5.32 Å². The quantitative estimate of drug-likeness (QED) is 0.735. The van der Waals surface area contributed by atoms with Crippen molar-refractivity contribution in [1.82, 2.24) is 15.1 Å². The smallest absolute Gasteiger partial charge is 0.247 e. The van der Waals surface area contributed by atoms with Crippen molar-refractivity contribution in [3.63, 3.8) is 0 Å². The molecule has 0 bridgehead atoms. The van der Waals surface area contributed by atoms with Crippen molar-refractivity contribution in [3.8, 4) is 0 Å². The highest BCUT2D eigenvalue weighted by Crippen LogP contribution is 2.18. The maximum Gasteiger partial charge on any atom is 0.247 e. The number of hydrogen-bond acceptors (Lipinski definition) is 4. The summed E-state index contributed by atoms with van der Waals surface area (Å²) in [5, 5.41) is 3.29. The Kier molecular flexibility index (Phi) is 4.58. The van der Waals surface area contributed by atoms with Gasteiger partial charge in [0.2, 0.25) is 11.8 Å². The Balaban J connectivity index is 1.81. The Labute approximate surface area is 115 Å². The molecule has 2 heterocycles. The first-order chi connectivity index (χ1) is 9.02. The molecule has 2 amide bonds. The second-order valence-corrected chi connectivity index (χ2v) is 5.91. The Hall–Kier alpha value is -0.940. The first kappa shape index (κ1) is 14.5. The fourth-order valence-corrected chi connectivity index (χ4v) is 3.03. The van der Waals surface area contributed by atoms with Gasteiger partial charge in [0.15, 0.2) is 0 Å². The van der Waals surface area contributed by atoms with Crippen LogP contribution in [0.4, 0.5) is 0 Å². The Morgan fingerprint density at radius 3 is 2.63 bits per heavy atom. The molecule has 5 nitrogen and oxygen atoms in total. The molecule has 2 atom stereocenters. The first-order valence-electron chi connectivity index (χ1n) is 7.34. The van der Waals surface area contributed by atoms with E-state index in [4.69, 9.17) is 0 Å². The summed E-state index contributed by atoms with van der Waals surface area (Å²) in [5.41, 5.74) is 0. The monoisotopic (exact) mass is 267 g/mol. The van der Waals surface area contributed by atoms with Crippen LogP contribution in [0.25, 0.3) is 0 Å². The van der Waals surface area contributed by atoms with E-state index in [-0.39, 0.29) is 23.9 Å². The van der Waals surface area contributed by atoms with Crippen LogP contribution in [-0.2, 0) is 9.59 Å². The molecule has 0 aromatic heterocycles. The second-order valence-electron chi connectivity index (χ2n) is 5.91. The van der Waals surface area contributed by atoms with E-state index in [1.165, 1.54) is 11.3 Å². The SMILES string of the molecule is CCN1CCC(CNC2CC(=O)N(C(C)C)C2=O)C1. The van der Waals surface area contributed by atoms with Gasteiger partial charge < -0.3 is 10.2 Å². The van der Waals surface area contributed by atoms with E-state index in [0.29, 0.717) is 12.3 Å². The Morgan fingerprint density at radius 1 is 1.37 bits per heavy atom. The summed E-state index contributed by atoms with van der Waals surface area (Å²) in [5.74, 6) is 0.514. The van der Waals surface area contributed by atoms with Gasteiger partial charge in [-0.25, -0.2) is 0 Å². The van der Waals surface area contributed by atoms with Gasteiger partial charge in [-0.2, -0.15) is 0 Å². The van der Waals surface area contributed by atoms with E-state index in [1.807, 2.05) is 13.8 Å². The van der Waals surface area contributed by atoms with Gasteiger partial charge in [-0.05, 0) is 45.8 Å². The molecule has 5 heteroatoms. The van der Waals surface area contributed by atoms with Gasteiger partial charge in [-0.3, -0.25) is 14.5 Å². The molecular formula is C14H25N3O2. The van der Waals surface area contributed by atoms with E-state index in [9.17, 15) is 9.59 Å². The van der Waals surface area contributed by atoms with E-state index in [0.717, 1.165) is 26.2 Å². The Bertz CT molecular complexity index is 357. The largest absolute Gasteiger partial charge is 0.305 e. The highest BCUT2D eigenvalue weighted by atomic mass is 16.2. The van der Waals surface area contributed by atoms with Gasteiger partial charge >= 0.3 is 0 Å². The van der Waals surface area contributed by atoms with Crippen molar-refractivity contribution in [2.45, 2.75) is 45.7 Å². The number of nitrogens with zero attached hydrogens (tertiary/aromatic N) is 2. The number of hydrogen-bond donors (Lipinski definition) is 1. The zero-order valence-electron chi connectivity index (χ0n) is 12.2. The molecule has 0 aromatic carbocycles. The lowest BCUT2D eigenvalue weighted by Crippen LogP contribution is -2.43. The molecule has 0 radical (unpaired) electrons. The molecule has 0 spiro atoms. The van der Waals surface area contributed by atoms with Gasteiger partial charge in [0, 0.05) is 12.6 Å². The van der Waals surface area contributed by atoms with E-state index in [1.54, 1.807) is 0 Å². The van der Waals surface area contributed by atoms with Gasteiger partial charge in [-0.1, -0.05) is 6.92 Å². The highest BCUT2D eigenvalue weighted by molar-refractivity contribution is 6.05. The summed E-state index contributed by atoms with van der Waals surface area (Å²) in [6.07, 6.45) is 1.50. The summed E-state index contributed by atoms with van der Waals surface area (Å²) in [4.78, 5) is 27.7. The molecule has 2 rings (SSSR count). The molecular weight excluding hydrogens is 242 g/mol. The number of nitrogens with one attached hydrogen (secondary N) is 1. The average Bonchev–Trinajstić information content (AvgIpc) is 2.91. The first-order valence-corrected chi connectivity index (χ1v) is 7.34. The van der Waals surface area contributed by atoms with Crippen LogP contribution in [0.3, 0.4) is 0 Å². The van der Waals surface area contributed by atoms with Gasteiger partial charge in [0.25, 0.3) is 0 Å². The molecule has 108 valence electrons. The number of rotatable bonds is 5. The number of amides is 2. The Morgan fingerprint density at radius 2 is 2.11 bits per heavy atom. The maximum absolute atomic E-state index is 12.1. The molecule has 2 aliphatic heterocycles. The van der Waals surface area contributed by atoms with Gasteiger partial charge in [0.1, 0.15) is 0 Å². The van der Waals surface area contributed by atoms with Crippen LogP contribution in [0, 0.1) is 5.92 Å². The van der Waals surface area contributed by atoms with Crippen molar-refractivity contribution >= 4 is 11.8 Å². The number of carbonyl (C=O) groups excluding carboxylic acids is 2. The predicted octanol–water partition coefficient (Wildman–Crippen LogP) is 0.454. The fraction of sp³-hybridized carbons (Fsp3) is 0.857. The lowest BCUT2D eigenvalue weighted by atomic mass is 10.1. The summed E-state index contributed by atoms with van der Waals surface area (Å²) in [6, 6.07) is -0.334. The van der Waals surface area contributed by atoms with Crippen molar-refractivity contribution in [2.75, 3.05) is 26.2 Å². The summed E-state index contributed by atoms with van der Waals surface area (Å²) < 4.78 is 0. The number of likely N-dealkylation sites (tertiary alicyclic amines) is 2. The molecule has 1 N–H and O–H groups in total. The molecule has 0 aliphatic carbocycles. The predicted molar refractivity (Wildman–Crippen MR) is 73.6 cm³/mol. The van der Waals surface area contributed by atoms with Crippen LogP contribution in [0.15, 0.2) is 0 Å². The summed E-state index contributed by atoms with van der Waals surface area (Å²) in [6.45, 7) is 10.1. The minimum Gasteiger partial charge on any atom is -0.305 e. The van der Waals surface area contributed by atoms with Crippen molar-refractivity contribution in [3.05, 3.63) is 0 Å². The van der Waals surface area contributed by atoms with Crippen molar-refractivity contribution < 1.29 is 9.59 Å². The van der Waals surface area contributed by atoms with E-state index >= 15 is 0 Å². The topological polar surface area (TPSA) is 52.7 Å². The van der Waals surface area contributed by atoms with Crippen LogP contribution in [0.2, 0.25) is 0 Å². The second kappa shape index (κ2) is 6.01. The normalized spacial score (nSPS) is 28.9. The van der Waals surface area contributed by atoms with Crippen LogP contribution in [-0.4, -0.2) is 59.9 Å². The molecule has 0 saturated carbocycles. The zero-order valence-corrected chi connectivity index (χ0v) is 12.2. The molecule has 0 aromatic rings. The molecule has 2 aliphatic rings. The molecule has 2 unspecified atom stereocenters. The van der Waals surface area contributed by atoms with Crippen molar-refractivity contribution in [1.29, 1.82) is 0 Å². The zero-order chi connectivity index (χ0) is 14.0. The van der Waals surface area contributed by atoms with Crippen molar-refractivity contribution in [2.24, 2.45) is 5.92 Å². The van der Waals surface area contributed by atoms with Gasteiger partial charge in [0.05, 0.1) is 12.5 Å². The third-order valence-corrected chi connectivity index (χ3v) is 4.17. The third-order valence-electron chi connectivity index (χ3n) is 4.17. The van der Waals surface area contributed by atoms with E-state index in [2.05, 4.69) is 17.1 Å². The van der Waals surface area contributed by atoms with Crippen LogP contribution >= 0.6 is 0 Å². The highest BCUT2D eigenvalue weighted by Gasteiger charge is 2.39. The molecule has 19 heavy (non-hydrogen) atoms. The van der Waals surface area contributed by atoms with E-state index < -0.39 is 0 Å². The lowest BCUT2D eigenvalue weighted by Gasteiger charge is -2.20. The lowest BCUT2D eigenvalue weighted by molar-refractivity contribution is -0.140. The average molecular weight is 267 g/mol. The number of imide groups is 1. The van der Waals surface area contributed by atoms with Crippen LogP contribution in [0.5, 0.6) is 0 Å². The molecule has 2 fully saturated rings. The number of carbonyl (C=O) groups is 2. The molecule has 2 saturated heterocycles. The van der Waals surface area contributed by atoms with Gasteiger partial charge in [-0.15, -0.1) is 0 Å². The summed E-state index contributed by atoms with van der Waals surface area (Å²) in [7, 11) is 0. The summed E-state index contributed by atoms with van der Waals surface area (Å²) >= 11 is 0. The van der Waals surface area contributed by atoms with Crippen LogP contribution in [0.1, 0.15) is 33.6 Å². The maximum atomic E-state index is 12.1. The minimum absolute atomic E-state index is 0.0335. The standard InChI is InChI=1S/C14H25N3O2/c1-4-16-6-5-11(9-16)8-15-12-7-13(18)17(10(2)3)14(12)19/h10-12,15H,4-9H2,1-3H3. The third kappa shape index (κ3) is 3.15.